The second-order valence-electron chi connectivity index (χ2n) is 5.71. The summed E-state index contributed by atoms with van der Waals surface area (Å²) >= 11 is 6.05. The molecule has 0 aliphatic rings. The van der Waals surface area contributed by atoms with Crippen LogP contribution < -0.4 is 4.74 Å². The predicted molar refractivity (Wildman–Crippen MR) is 81.6 cm³/mol. The third-order valence-corrected chi connectivity index (χ3v) is 3.06. The normalized spacial score (nSPS) is 11.4. The van der Waals surface area contributed by atoms with Crippen LogP contribution >= 0.6 is 11.6 Å². The van der Waals surface area contributed by atoms with Gasteiger partial charge in [0.1, 0.15) is 16.7 Å². The molecule has 1 heterocycles. The van der Waals surface area contributed by atoms with E-state index in [0.717, 1.165) is 12.2 Å². The van der Waals surface area contributed by atoms with Gasteiger partial charge < -0.3 is 4.74 Å². The van der Waals surface area contributed by atoms with E-state index >= 15 is 0 Å². The highest BCUT2D eigenvalue weighted by molar-refractivity contribution is 6.29. The molecule has 0 radical (unpaired) electrons. The maximum atomic E-state index is 6.05. The molecule has 0 bridgehead atoms. The summed E-state index contributed by atoms with van der Waals surface area (Å²) < 4.78 is 5.80. The SMILES string of the molecule is CCc1cccc(Oc2cc(Cl)nc(C(C)(C)C)n2)c1. The summed E-state index contributed by atoms with van der Waals surface area (Å²) in [5.41, 5.74) is 1.05. The fraction of sp³-hybridized carbons (Fsp3) is 0.375. The van der Waals surface area contributed by atoms with E-state index in [4.69, 9.17) is 16.3 Å². The molecule has 0 amide bonds. The van der Waals surface area contributed by atoms with E-state index in [2.05, 4.69) is 23.0 Å². The molecule has 0 N–H and O–H groups in total. The summed E-state index contributed by atoms with van der Waals surface area (Å²) in [5.74, 6) is 1.91. The monoisotopic (exact) mass is 290 g/mol. The molecule has 0 atom stereocenters. The largest absolute Gasteiger partial charge is 0.439 e. The van der Waals surface area contributed by atoms with E-state index in [1.165, 1.54) is 5.56 Å². The number of benzene rings is 1. The van der Waals surface area contributed by atoms with Crippen LogP contribution in [0.1, 0.15) is 39.1 Å². The molecule has 1 aromatic heterocycles. The maximum absolute atomic E-state index is 6.05. The van der Waals surface area contributed by atoms with Gasteiger partial charge in [-0.25, -0.2) is 4.98 Å². The van der Waals surface area contributed by atoms with Gasteiger partial charge in [-0.3, -0.25) is 0 Å². The fourth-order valence-corrected chi connectivity index (χ4v) is 1.91. The molecule has 0 spiro atoms. The Labute approximate surface area is 125 Å². The van der Waals surface area contributed by atoms with Gasteiger partial charge in [0.25, 0.3) is 0 Å². The van der Waals surface area contributed by atoms with Crippen LogP contribution in [0.4, 0.5) is 0 Å². The first-order valence-electron chi connectivity index (χ1n) is 6.70. The Balaban J connectivity index is 2.31. The van der Waals surface area contributed by atoms with Crippen LogP contribution in [-0.2, 0) is 11.8 Å². The number of ether oxygens (including phenoxy) is 1. The molecule has 2 rings (SSSR count). The van der Waals surface area contributed by atoms with E-state index in [9.17, 15) is 0 Å². The van der Waals surface area contributed by atoms with Crippen LogP contribution in [0.3, 0.4) is 0 Å². The first-order chi connectivity index (χ1) is 9.38. The average Bonchev–Trinajstić information content (AvgIpc) is 2.37. The van der Waals surface area contributed by atoms with Crippen molar-refractivity contribution in [1.29, 1.82) is 0 Å². The predicted octanol–water partition coefficient (Wildman–Crippen LogP) is 4.78. The number of aryl methyl sites for hydroxylation is 1. The van der Waals surface area contributed by atoms with Gasteiger partial charge in [0.2, 0.25) is 5.88 Å². The molecule has 0 fully saturated rings. The molecular formula is C16H19ClN2O. The summed E-state index contributed by atoms with van der Waals surface area (Å²) in [4.78, 5) is 8.69. The van der Waals surface area contributed by atoms with E-state index in [0.29, 0.717) is 16.9 Å². The van der Waals surface area contributed by atoms with Crippen molar-refractivity contribution >= 4 is 11.6 Å². The molecule has 1 aromatic carbocycles. The van der Waals surface area contributed by atoms with Crippen LogP contribution in [0, 0.1) is 0 Å². The number of aromatic nitrogens is 2. The van der Waals surface area contributed by atoms with Crippen molar-refractivity contribution in [3.8, 4) is 11.6 Å². The lowest BCUT2D eigenvalue weighted by molar-refractivity contribution is 0.445. The molecule has 0 aliphatic heterocycles. The van der Waals surface area contributed by atoms with Crippen molar-refractivity contribution in [2.45, 2.75) is 39.5 Å². The van der Waals surface area contributed by atoms with Gasteiger partial charge in [0.05, 0.1) is 0 Å². The van der Waals surface area contributed by atoms with Gasteiger partial charge in [0.15, 0.2) is 0 Å². The van der Waals surface area contributed by atoms with E-state index < -0.39 is 0 Å². The van der Waals surface area contributed by atoms with E-state index in [1.54, 1.807) is 6.07 Å². The Morgan fingerprint density at radius 2 is 1.90 bits per heavy atom. The molecule has 0 aliphatic carbocycles. The summed E-state index contributed by atoms with van der Waals surface area (Å²) in [7, 11) is 0. The van der Waals surface area contributed by atoms with Gasteiger partial charge in [-0.05, 0) is 24.1 Å². The highest BCUT2D eigenvalue weighted by Crippen LogP contribution is 2.26. The lowest BCUT2D eigenvalue weighted by Gasteiger charge is -2.17. The molecular weight excluding hydrogens is 272 g/mol. The molecule has 106 valence electrons. The quantitative estimate of drug-likeness (QED) is 0.763. The maximum Gasteiger partial charge on any atom is 0.224 e. The van der Waals surface area contributed by atoms with Crippen LogP contribution in [-0.4, -0.2) is 9.97 Å². The summed E-state index contributed by atoms with van der Waals surface area (Å²) in [5, 5.41) is 0.395. The van der Waals surface area contributed by atoms with Crippen molar-refractivity contribution in [2.24, 2.45) is 0 Å². The first-order valence-corrected chi connectivity index (χ1v) is 7.08. The summed E-state index contributed by atoms with van der Waals surface area (Å²) in [6.45, 7) is 8.23. The highest BCUT2D eigenvalue weighted by atomic mass is 35.5. The van der Waals surface area contributed by atoms with Gasteiger partial charge >= 0.3 is 0 Å². The van der Waals surface area contributed by atoms with Crippen LogP contribution in [0.15, 0.2) is 30.3 Å². The third-order valence-electron chi connectivity index (χ3n) is 2.87. The number of rotatable bonds is 3. The molecule has 4 heteroatoms. The number of halogens is 1. The standard InChI is InChI=1S/C16H19ClN2O/c1-5-11-7-6-8-12(9-11)20-14-10-13(17)18-15(19-14)16(2,3)4/h6-10H,5H2,1-4H3. The Bertz CT molecular complexity index is 606. The second kappa shape index (κ2) is 5.80. The zero-order chi connectivity index (χ0) is 14.8. The van der Waals surface area contributed by atoms with Gasteiger partial charge in [-0.2, -0.15) is 4.98 Å². The van der Waals surface area contributed by atoms with Crippen LogP contribution in [0.5, 0.6) is 11.6 Å². The molecule has 0 saturated carbocycles. The van der Waals surface area contributed by atoms with Crippen molar-refractivity contribution in [1.82, 2.24) is 9.97 Å². The Kier molecular flexibility index (Phi) is 4.29. The minimum atomic E-state index is -0.172. The van der Waals surface area contributed by atoms with Crippen LogP contribution in [0.2, 0.25) is 5.15 Å². The minimum Gasteiger partial charge on any atom is -0.439 e. The zero-order valence-electron chi connectivity index (χ0n) is 12.3. The van der Waals surface area contributed by atoms with Crippen molar-refractivity contribution in [3.05, 3.63) is 46.9 Å². The van der Waals surface area contributed by atoms with Gasteiger partial charge in [-0.1, -0.05) is 51.4 Å². The lowest BCUT2D eigenvalue weighted by Crippen LogP contribution is -2.16. The highest BCUT2D eigenvalue weighted by Gasteiger charge is 2.19. The molecule has 3 nitrogen and oxygen atoms in total. The third kappa shape index (κ3) is 3.70. The minimum absolute atomic E-state index is 0.172. The van der Waals surface area contributed by atoms with E-state index in [1.807, 2.05) is 39.0 Å². The van der Waals surface area contributed by atoms with Gasteiger partial charge in [0, 0.05) is 11.5 Å². The smallest absolute Gasteiger partial charge is 0.224 e. The number of nitrogens with zero attached hydrogens (tertiary/aromatic N) is 2. The molecule has 2 aromatic rings. The topological polar surface area (TPSA) is 35.0 Å². The van der Waals surface area contributed by atoms with Crippen molar-refractivity contribution < 1.29 is 4.74 Å². The average molecular weight is 291 g/mol. The number of hydrogen-bond acceptors (Lipinski definition) is 3. The first kappa shape index (κ1) is 14.8. The van der Waals surface area contributed by atoms with E-state index in [-0.39, 0.29) is 5.41 Å². The Morgan fingerprint density at radius 1 is 1.15 bits per heavy atom. The summed E-state index contributed by atoms with van der Waals surface area (Å²) in [6.07, 6.45) is 0.967. The fourth-order valence-electron chi connectivity index (χ4n) is 1.73. The molecule has 0 unspecified atom stereocenters. The lowest BCUT2D eigenvalue weighted by atomic mass is 9.96. The van der Waals surface area contributed by atoms with Crippen molar-refractivity contribution in [3.63, 3.8) is 0 Å². The summed E-state index contributed by atoms with van der Waals surface area (Å²) in [6, 6.07) is 9.59. The Morgan fingerprint density at radius 3 is 2.55 bits per heavy atom. The van der Waals surface area contributed by atoms with Gasteiger partial charge in [-0.15, -0.1) is 0 Å². The molecule has 0 saturated heterocycles. The Hall–Kier alpha value is -1.61. The zero-order valence-corrected chi connectivity index (χ0v) is 13.0. The number of hydrogen-bond donors (Lipinski definition) is 0. The molecule has 20 heavy (non-hydrogen) atoms. The van der Waals surface area contributed by atoms with Crippen LogP contribution in [0.25, 0.3) is 0 Å². The van der Waals surface area contributed by atoms with Crippen molar-refractivity contribution in [2.75, 3.05) is 0 Å². The second-order valence-corrected chi connectivity index (χ2v) is 6.09.